The summed E-state index contributed by atoms with van der Waals surface area (Å²) in [4.78, 5) is 10.1. The molecule has 2 heteroatoms. The van der Waals surface area contributed by atoms with E-state index in [1.54, 1.807) is 0 Å². The third kappa shape index (κ3) is 3.18. The average molecular weight is 403 g/mol. The van der Waals surface area contributed by atoms with Crippen molar-refractivity contribution < 1.29 is 0 Å². The molecule has 0 saturated heterocycles. The van der Waals surface area contributed by atoms with Gasteiger partial charge in [-0.15, -0.1) is 0 Å². The Bertz CT molecular complexity index is 1320. The number of rotatable bonds is 2. The predicted molar refractivity (Wildman–Crippen MR) is 132 cm³/mol. The second kappa shape index (κ2) is 7.16. The van der Waals surface area contributed by atoms with Crippen molar-refractivity contribution in [1.82, 2.24) is 4.98 Å². The number of allylic oxidation sites excluding steroid dienone is 12. The van der Waals surface area contributed by atoms with Crippen LogP contribution in [-0.4, -0.2) is 10.7 Å². The van der Waals surface area contributed by atoms with Crippen LogP contribution in [-0.2, 0) is 0 Å². The minimum absolute atomic E-state index is 0.675. The van der Waals surface area contributed by atoms with Gasteiger partial charge in [-0.05, 0) is 66.9 Å². The molecule has 1 aliphatic heterocycles. The fraction of sp³-hybridized carbons (Fsp3) is 0.241. The highest BCUT2D eigenvalue weighted by molar-refractivity contribution is 6.06. The highest BCUT2D eigenvalue weighted by Crippen LogP contribution is 2.53. The fourth-order valence-electron chi connectivity index (χ4n) is 5.15. The first kappa shape index (κ1) is 18.5. The Kier molecular flexibility index (Phi) is 4.27. The average Bonchev–Trinajstić information content (AvgIpc) is 3.59. The van der Waals surface area contributed by atoms with Crippen LogP contribution < -0.4 is 0 Å². The van der Waals surface area contributed by atoms with Crippen molar-refractivity contribution >= 4 is 33.4 Å². The van der Waals surface area contributed by atoms with E-state index in [2.05, 4.69) is 86.7 Å². The smallest absolute Gasteiger partial charge is 0.0974 e. The Hall–Kier alpha value is -3.26. The van der Waals surface area contributed by atoms with Gasteiger partial charge in [-0.2, -0.15) is 0 Å². The van der Waals surface area contributed by atoms with Crippen molar-refractivity contribution in [2.45, 2.75) is 33.1 Å². The third-order valence-corrected chi connectivity index (χ3v) is 6.80. The summed E-state index contributed by atoms with van der Waals surface area (Å²) in [7, 11) is 0. The SMILES string of the molecule is CC1=Nc2c(ccc3c(C4=CC=CC=CC4)cc(C)nc23)C(C2=CC=CC3CC23)=CC1. The van der Waals surface area contributed by atoms with E-state index in [0.29, 0.717) is 5.92 Å². The van der Waals surface area contributed by atoms with Crippen molar-refractivity contribution in [3.8, 4) is 0 Å². The molecule has 2 heterocycles. The summed E-state index contributed by atoms with van der Waals surface area (Å²) in [6.07, 6.45) is 23.2. The van der Waals surface area contributed by atoms with Gasteiger partial charge in [-0.25, -0.2) is 0 Å². The molecule has 1 fully saturated rings. The van der Waals surface area contributed by atoms with Crippen molar-refractivity contribution in [2.75, 3.05) is 0 Å². The van der Waals surface area contributed by atoms with Crippen LogP contribution in [0.3, 0.4) is 0 Å². The lowest BCUT2D eigenvalue weighted by atomic mass is 9.88. The van der Waals surface area contributed by atoms with Gasteiger partial charge in [0.25, 0.3) is 0 Å². The summed E-state index contributed by atoms with van der Waals surface area (Å²) in [5, 5.41) is 1.19. The molecule has 0 N–H and O–H groups in total. The van der Waals surface area contributed by atoms with E-state index >= 15 is 0 Å². The molecule has 1 aromatic carbocycles. The van der Waals surface area contributed by atoms with Crippen LogP contribution in [0.1, 0.15) is 43.0 Å². The summed E-state index contributed by atoms with van der Waals surface area (Å²) in [6, 6.07) is 6.77. The number of hydrogen-bond donors (Lipinski definition) is 0. The molecule has 2 aromatic rings. The third-order valence-electron chi connectivity index (χ3n) is 6.80. The monoisotopic (exact) mass is 402 g/mol. The Labute approximate surface area is 183 Å². The molecule has 152 valence electrons. The maximum Gasteiger partial charge on any atom is 0.0974 e. The van der Waals surface area contributed by atoms with Crippen molar-refractivity contribution in [2.24, 2.45) is 16.8 Å². The first-order valence-corrected chi connectivity index (χ1v) is 11.3. The molecule has 31 heavy (non-hydrogen) atoms. The van der Waals surface area contributed by atoms with E-state index in [1.165, 1.54) is 39.7 Å². The Morgan fingerprint density at radius 1 is 0.935 bits per heavy atom. The molecule has 2 unspecified atom stereocenters. The molecule has 0 bridgehead atoms. The summed E-state index contributed by atoms with van der Waals surface area (Å²) < 4.78 is 0. The normalized spacial score (nSPS) is 23.8. The van der Waals surface area contributed by atoms with Crippen LogP contribution in [0.5, 0.6) is 0 Å². The van der Waals surface area contributed by atoms with Gasteiger partial charge in [0.2, 0.25) is 0 Å². The summed E-state index contributed by atoms with van der Waals surface area (Å²) >= 11 is 0. The van der Waals surface area contributed by atoms with Crippen LogP contribution in [0.2, 0.25) is 0 Å². The number of aromatic nitrogens is 1. The highest BCUT2D eigenvalue weighted by Gasteiger charge is 2.40. The van der Waals surface area contributed by atoms with Gasteiger partial charge >= 0.3 is 0 Å². The molecular formula is C29H26N2. The molecule has 0 spiro atoms. The Balaban J connectivity index is 1.59. The van der Waals surface area contributed by atoms with E-state index in [0.717, 1.165) is 41.4 Å². The van der Waals surface area contributed by atoms with Crippen molar-refractivity contribution in [1.29, 1.82) is 0 Å². The fourth-order valence-corrected chi connectivity index (χ4v) is 5.15. The van der Waals surface area contributed by atoms with E-state index in [9.17, 15) is 0 Å². The topological polar surface area (TPSA) is 25.2 Å². The first-order valence-electron chi connectivity index (χ1n) is 11.3. The largest absolute Gasteiger partial charge is 0.255 e. The minimum Gasteiger partial charge on any atom is -0.255 e. The molecule has 0 amide bonds. The van der Waals surface area contributed by atoms with Gasteiger partial charge in [0.1, 0.15) is 0 Å². The molecule has 3 aliphatic carbocycles. The number of nitrogens with zero attached hydrogens (tertiary/aromatic N) is 2. The van der Waals surface area contributed by atoms with Crippen LogP contribution in [0.15, 0.2) is 83.4 Å². The number of fused-ring (bicyclic) bond motifs is 4. The summed E-state index contributed by atoms with van der Waals surface area (Å²) in [6.45, 7) is 4.23. The molecule has 2 nitrogen and oxygen atoms in total. The Morgan fingerprint density at radius 3 is 2.81 bits per heavy atom. The standard InChI is InChI=1S/C29H26N2/c1-18-12-13-23(22-11-7-10-21-17-27(21)22)24-14-15-25-26(20-8-5-3-4-6-9-20)16-19(2)31-29(25)28(24)30-18/h3-8,10-11,13-16,21,27H,9,12,17H2,1-2H3. The van der Waals surface area contributed by atoms with Crippen molar-refractivity contribution in [3.63, 3.8) is 0 Å². The summed E-state index contributed by atoms with van der Waals surface area (Å²) in [5.74, 6) is 1.40. The molecule has 0 radical (unpaired) electrons. The zero-order valence-electron chi connectivity index (χ0n) is 18.1. The lowest BCUT2D eigenvalue weighted by Gasteiger charge is -2.18. The second-order valence-corrected chi connectivity index (χ2v) is 9.06. The van der Waals surface area contributed by atoms with E-state index in [4.69, 9.17) is 9.98 Å². The van der Waals surface area contributed by atoms with Crippen LogP contribution in [0.25, 0.3) is 22.0 Å². The highest BCUT2D eigenvalue weighted by atomic mass is 14.8. The molecule has 2 atom stereocenters. The van der Waals surface area contributed by atoms with Crippen molar-refractivity contribution in [3.05, 3.63) is 95.3 Å². The molecule has 6 rings (SSSR count). The molecule has 1 aromatic heterocycles. The Morgan fingerprint density at radius 2 is 1.87 bits per heavy atom. The predicted octanol–water partition coefficient (Wildman–Crippen LogP) is 7.45. The zero-order valence-corrected chi connectivity index (χ0v) is 18.1. The van der Waals surface area contributed by atoms with Crippen LogP contribution in [0.4, 0.5) is 5.69 Å². The van der Waals surface area contributed by atoms with Gasteiger partial charge < -0.3 is 0 Å². The molecular weight excluding hydrogens is 376 g/mol. The number of hydrogen-bond acceptors (Lipinski definition) is 2. The minimum atomic E-state index is 0.675. The summed E-state index contributed by atoms with van der Waals surface area (Å²) in [5.41, 5.74) is 10.9. The van der Waals surface area contributed by atoms with Gasteiger partial charge in [0.15, 0.2) is 0 Å². The maximum atomic E-state index is 5.11. The first-order chi connectivity index (χ1) is 15.2. The van der Waals surface area contributed by atoms with Gasteiger partial charge in [0, 0.05) is 28.8 Å². The van der Waals surface area contributed by atoms with E-state index in [-0.39, 0.29) is 0 Å². The number of aryl methyl sites for hydroxylation is 1. The lowest BCUT2D eigenvalue weighted by Crippen LogP contribution is -1.99. The lowest BCUT2D eigenvalue weighted by molar-refractivity contribution is 0.942. The molecule has 1 saturated carbocycles. The number of pyridine rings is 1. The number of aliphatic imine (C=N–C) groups is 1. The van der Waals surface area contributed by atoms with Gasteiger partial charge in [-0.1, -0.05) is 66.8 Å². The van der Waals surface area contributed by atoms with Crippen LogP contribution >= 0.6 is 0 Å². The van der Waals surface area contributed by atoms with E-state index in [1.807, 2.05) is 0 Å². The van der Waals surface area contributed by atoms with Gasteiger partial charge in [0.05, 0.1) is 11.2 Å². The zero-order chi connectivity index (χ0) is 20.9. The quantitative estimate of drug-likeness (QED) is 0.512. The molecule has 4 aliphatic rings. The number of benzene rings is 1. The van der Waals surface area contributed by atoms with E-state index < -0.39 is 0 Å². The van der Waals surface area contributed by atoms with Gasteiger partial charge in [-0.3, -0.25) is 9.98 Å². The van der Waals surface area contributed by atoms with Crippen LogP contribution in [0, 0.1) is 18.8 Å². The maximum absolute atomic E-state index is 5.11. The second-order valence-electron chi connectivity index (χ2n) is 9.06.